The minimum atomic E-state index is -3.55. The molecule has 5 heteroatoms. The number of sulfonamides is 1. The number of rotatable bonds is 7. The van der Waals surface area contributed by atoms with Crippen molar-refractivity contribution in [2.24, 2.45) is 0 Å². The summed E-state index contributed by atoms with van der Waals surface area (Å²) in [7, 11) is -3.55. The molecule has 140 valence electrons. The summed E-state index contributed by atoms with van der Waals surface area (Å²) in [6.45, 7) is 5.10. The highest BCUT2D eigenvalue weighted by Gasteiger charge is 2.22. The second kappa shape index (κ2) is 8.80. The summed E-state index contributed by atoms with van der Waals surface area (Å²) in [6, 6.07) is 16.7. The summed E-state index contributed by atoms with van der Waals surface area (Å²) < 4.78 is 28.6. The molecule has 0 amide bonds. The van der Waals surface area contributed by atoms with E-state index in [4.69, 9.17) is 0 Å². The van der Waals surface area contributed by atoms with Gasteiger partial charge in [0, 0.05) is 6.04 Å². The summed E-state index contributed by atoms with van der Waals surface area (Å²) in [4.78, 5) is 2.77. The maximum absolute atomic E-state index is 12.9. The second-order valence-corrected chi connectivity index (χ2v) is 8.80. The van der Waals surface area contributed by atoms with Crippen LogP contribution in [0.3, 0.4) is 0 Å². The van der Waals surface area contributed by atoms with Gasteiger partial charge in [-0.2, -0.15) is 0 Å². The van der Waals surface area contributed by atoms with E-state index >= 15 is 0 Å². The third-order valence-corrected chi connectivity index (χ3v) is 6.50. The van der Waals surface area contributed by atoms with Crippen LogP contribution in [0.2, 0.25) is 0 Å². The average Bonchev–Trinajstić information content (AvgIpc) is 2.67. The molecule has 1 heterocycles. The first-order chi connectivity index (χ1) is 12.5. The Bertz CT molecular complexity index is 783. The van der Waals surface area contributed by atoms with Crippen LogP contribution in [0.25, 0.3) is 0 Å². The molecule has 4 nitrogen and oxygen atoms in total. The Labute approximate surface area is 157 Å². The second-order valence-electron chi connectivity index (χ2n) is 7.09. The van der Waals surface area contributed by atoms with Crippen molar-refractivity contribution in [3.63, 3.8) is 0 Å². The minimum absolute atomic E-state index is 0.218. The van der Waals surface area contributed by atoms with E-state index in [-0.39, 0.29) is 6.04 Å². The summed E-state index contributed by atoms with van der Waals surface area (Å²) in [5.41, 5.74) is 2.06. The quantitative estimate of drug-likeness (QED) is 0.802. The largest absolute Gasteiger partial charge is 0.303 e. The Morgan fingerprint density at radius 3 is 2.27 bits per heavy atom. The van der Waals surface area contributed by atoms with E-state index in [0.717, 1.165) is 37.2 Å². The third-order valence-electron chi connectivity index (χ3n) is 5.01. The van der Waals surface area contributed by atoms with Gasteiger partial charge in [0.15, 0.2) is 0 Å². The molecule has 0 radical (unpaired) electrons. The van der Waals surface area contributed by atoms with Crippen LogP contribution >= 0.6 is 0 Å². The molecule has 0 spiro atoms. The highest BCUT2D eigenvalue weighted by atomic mass is 32.2. The zero-order chi connectivity index (χ0) is 18.4. The highest BCUT2D eigenvalue weighted by molar-refractivity contribution is 7.89. The van der Waals surface area contributed by atoms with Crippen molar-refractivity contribution >= 4 is 10.0 Å². The molecule has 1 atom stereocenters. The van der Waals surface area contributed by atoms with Gasteiger partial charge >= 0.3 is 0 Å². The normalized spacial score (nSPS) is 17.1. The van der Waals surface area contributed by atoms with E-state index in [1.807, 2.05) is 49.4 Å². The van der Waals surface area contributed by atoms with Crippen molar-refractivity contribution in [1.29, 1.82) is 0 Å². The topological polar surface area (TPSA) is 49.4 Å². The molecular formula is C21H28N2O2S. The van der Waals surface area contributed by atoms with E-state index in [1.165, 1.54) is 19.3 Å². The van der Waals surface area contributed by atoms with Gasteiger partial charge in [-0.25, -0.2) is 13.1 Å². The van der Waals surface area contributed by atoms with Gasteiger partial charge in [-0.15, -0.1) is 0 Å². The fraction of sp³-hybridized carbons (Fsp3) is 0.429. The lowest BCUT2D eigenvalue weighted by Crippen LogP contribution is -2.35. The molecule has 2 aromatic rings. The van der Waals surface area contributed by atoms with Crippen LogP contribution in [-0.2, 0) is 10.0 Å². The van der Waals surface area contributed by atoms with Crippen molar-refractivity contribution in [3.8, 4) is 0 Å². The molecule has 0 aromatic heterocycles. The van der Waals surface area contributed by atoms with Crippen LogP contribution < -0.4 is 4.72 Å². The van der Waals surface area contributed by atoms with Crippen LogP contribution in [0.4, 0.5) is 0 Å². The number of aryl methyl sites for hydroxylation is 1. The number of nitrogens with one attached hydrogen (secondary N) is 1. The van der Waals surface area contributed by atoms with E-state index in [9.17, 15) is 8.42 Å². The number of likely N-dealkylation sites (tertiary alicyclic amines) is 1. The van der Waals surface area contributed by atoms with Crippen LogP contribution in [0.5, 0.6) is 0 Å². The van der Waals surface area contributed by atoms with Gasteiger partial charge < -0.3 is 4.90 Å². The lowest BCUT2D eigenvalue weighted by Gasteiger charge is -2.28. The van der Waals surface area contributed by atoms with E-state index in [2.05, 4.69) is 9.62 Å². The van der Waals surface area contributed by atoms with Gasteiger partial charge in [0.25, 0.3) is 0 Å². The number of benzene rings is 2. The van der Waals surface area contributed by atoms with Crippen LogP contribution in [0.1, 0.15) is 42.9 Å². The number of nitrogens with zero attached hydrogens (tertiary/aromatic N) is 1. The van der Waals surface area contributed by atoms with Crippen LogP contribution in [0.15, 0.2) is 59.5 Å². The molecule has 0 aliphatic carbocycles. The highest BCUT2D eigenvalue weighted by Crippen LogP contribution is 2.22. The Hall–Kier alpha value is -1.69. The smallest absolute Gasteiger partial charge is 0.241 e. The molecule has 1 aliphatic heterocycles. The van der Waals surface area contributed by atoms with E-state index in [0.29, 0.717) is 4.90 Å². The van der Waals surface area contributed by atoms with Gasteiger partial charge in [0.05, 0.1) is 4.90 Å². The van der Waals surface area contributed by atoms with Crippen molar-refractivity contribution in [2.45, 2.75) is 43.5 Å². The molecule has 0 saturated carbocycles. The van der Waals surface area contributed by atoms with Gasteiger partial charge in [0.2, 0.25) is 10.0 Å². The molecule has 3 rings (SSSR count). The Morgan fingerprint density at radius 2 is 1.62 bits per heavy atom. The zero-order valence-corrected chi connectivity index (χ0v) is 16.2. The summed E-state index contributed by atoms with van der Waals surface area (Å²) in [6.07, 6.45) is 4.56. The van der Waals surface area contributed by atoms with Gasteiger partial charge in [0.1, 0.15) is 0 Å². The maximum atomic E-state index is 12.9. The molecule has 1 N–H and O–H groups in total. The number of hydrogen-bond acceptors (Lipinski definition) is 3. The van der Waals surface area contributed by atoms with E-state index in [1.54, 1.807) is 12.1 Å². The first-order valence-electron chi connectivity index (χ1n) is 9.41. The lowest BCUT2D eigenvalue weighted by molar-refractivity contribution is 0.219. The van der Waals surface area contributed by atoms with Crippen molar-refractivity contribution in [3.05, 3.63) is 65.7 Å². The Balaban J connectivity index is 1.75. The first-order valence-corrected chi connectivity index (χ1v) is 10.9. The Morgan fingerprint density at radius 1 is 0.962 bits per heavy atom. The van der Waals surface area contributed by atoms with Gasteiger partial charge in [-0.3, -0.25) is 0 Å². The zero-order valence-electron chi connectivity index (χ0n) is 15.4. The molecule has 1 aliphatic rings. The molecule has 1 fully saturated rings. The van der Waals surface area contributed by atoms with Gasteiger partial charge in [-0.05, 0) is 63.5 Å². The standard InChI is InChI=1S/C21H28N2O2S/c1-18-10-12-20(13-11-18)26(24,25)22-21(19-8-4-2-5-9-19)14-17-23-15-6-3-7-16-23/h2,4-5,8-13,21-22H,3,6-7,14-17H2,1H3/t21-/m1/s1. The Kier molecular flexibility index (Phi) is 6.46. The molecule has 0 unspecified atom stereocenters. The van der Waals surface area contributed by atoms with Gasteiger partial charge in [-0.1, -0.05) is 54.4 Å². The first kappa shape index (κ1) is 19.1. The van der Waals surface area contributed by atoms with Crippen LogP contribution in [-0.4, -0.2) is 33.0 Å². The fourth-order valence-electron chi connectivity index (χ4n) is 3.45. The molecule has 1 saturated heterocycles. The summed E-state index contributed by atoms with van der Waals surface area (Å²) in [5.74, 6) is 0. The minimum Gasteiger partial charge on any atom is -0.303 e. The summed E-state index contributed by atoms with van der Waals surface area (Å²) in [5, 5.41) is 0. The maximum Gasteiger partial charge on any atom is 0.241 e. The van der Waals surface area contributed by atoms with E-state index < -0.39 is 10.0 Å². The molecular weight excluding hydrogens is 344 g/mol. The summed E-state index contributed by atoms with van der Waals surface area (Å²) >= 11 is 0. The average molecular weight is 373 g/mol. The number of piperidine rings is 1. The van der Waals surface area contributed by atoms with Crippen molar-refractivity contribution < 1.29 is 8.42 Å². The van der Waals surface area contributed by atoms with Crippen molar-refractivity contribution in [2.75, 3.05) is 19.6 Å². The predicted molar refractivity (Wildman–Crippen MR) is 106 cm³/mol. The monoisotopic (exact) mass is 372 g/mol. The van der Waals surface area contributed by atoms with Crippen molar-refractivity contribution in [1.82, 2.24) is 9.62 Å². The molecule has 26 heavy (non-hydrogen) atoms. The van der Waals surface area contributed by atoms with Crippen LogP contribution in [0, 0.1) is 6.92 Å². The molecule has 0 bridgehead atoms. The SMILES string of the molecule is Cc1ccc(S(=O)(=O)N[C@H](CCN2CCCCC2)c2ccccc2)cc1. The molecule has 2 aromatic carbocycles. The fourth-order valence-corrected chi connectivity index (χ4v) is 4.71. The third kappa shape index (κ3) is 5.16. The number of hydrogen-bond donors (Lipinski definition) is 1. The predicted octanol–water partition coefficient (Wildman–Crippen LogP) is 3.89. The lowest BCUT2D eigenvalue weighted by atomic mass is 10.0.